The highest BCUT2D eigenvalue weighted by Crippen LogP contribution is 2.37. The van der Waals surface area contributed by atoms with Crippen molar-refractivity contribution in [3.63, 3.8) is 0 Å². The average Bonchev–Trinajstić information content (AvgIpc) is 2.76. The minimum Gasteiger partial charge on any atom is -0.385 e. The molecule has 11 heteroatoms. The van der Waals surface area contributed by atoms with E-state index in [1.165, 1.54) is 17.6 Å². The lowest BCUT2D eigenvalue weighted by Gasteiger charge is -2.18. The lowest BCUT2D eigenvalue weighted by Crippen LogP contribution is -2.28. The number of hydrogen-bond acceptors (Lipinski definition) is 5. The van der Waals surface area contributed by atoms with Gasteiger partial charge in [0.1, 0.15) is 0 Å². The van der Waals surface area contributed by atoms with Crippen molar-refractivity contribution >= 4 is 45.9 Å². The maximum atomic E-state index is 13.3. The molecule has 0 spiro atoms. The third kappa shape index (κ3) is 6.07. The Labute approximate surface area is 197 Å². The molecule has 0 aliphatic heterocycles. The topological polar surface area (TPSA) is 73.2 Å². The molecule has 33 heavy (non-hydrogen) atoms. The number of carbonyl (C=O) groups is 1. The lowest BCUT2D eigenvalue weighted by molar-refractivity contribution is -0.137. The van der Waals surface area contributed by atoms with E-state index in [2.05, 4.69) is 10.3 Å². The van der Waals surface area contributed by atoms with E-state index in [0.29, 0.717) is 35.6 Å². The number of nitrogens with one attached hydrogen (secondary N) is 1. The Hall–Kier alpha value is -2.56. The maximum Gasteiger partial charge on any atom is 0.418 e. The van der Waals surface area contributed by atoms with Crippen LogP contribution in [0.3, 0.4) is 0 Å². The summed E-state index contributed by atoms with van der Waals surface area (Å²) in [6, 6.07) is 9.97. The van der Waals surface area contributed by atoms with Gasteiger partial charge in [0.15, 0.2) is 5.16 Å². The van der Waals surface area contributed by atoms with Gasteiger partial charge in [-0.1, -0.05) is 35.5 Å². The van der Waals surface area contributed by atoms with Crippen LogP contribution in [-0.2, 0) is 22.3 Å². The number of amides is 1. The van der Waals surface area contributed by atoms with Gasteiger partial charge in [0, 0.05) is 25.3 Å². The summed E-state index contributed by atoms with van der Waals surface area (Å²) in [6.07, 6.45) is -4.14. The number of alkyl halides is 3. The number of carbonyl (C=O) groups excluding carboxylic acids is 1. The first-order chi connectivity index (χ1) is 15.6. The largest absolute Gasteiger partial charge is 0.418 e. The summed E-state index contributed by atoms with van der Waals surface area (Å²) >= 11 is 6.69. The van der Waals surface area contributed by atoms with Gasteiger partial charge in [-0.3, -0.25) is 14.2 Å². The SMILES string of the molecule is COCCCn1c(SC(C)C(=O)Nc2ccc(Cl)cc2C(F)(F)F)nc2ccccc2c1=O. The summed E-state index contributed by atoms with van der Waals surface area (Å²) in [5.74, 6) is -0.668. The Morgan fingerprint density at radius 1 is 1.27 bits per heavy atom. The van der Waals surface area contributed by atoms with Crippen LogP contribution < -0.4 is 10.9 Å². The Balaban J connectivity index is 1.88. The van der Waals surface area contributed by atoms with E-state index in [9.17, 15) is 22.8 Å². The molecule has 0 radical (unpaired) electrons. The zero-order chi connectivity index (χ0) is 24.2. The molecule has 0 aliphatic rings. The van der Waals surface area contributed by atoms with Gasteiger partial charge < -0.3 is 10.1 Å². The summed E-state index contributed by atoms with van der Waals surface area (Å²) in [7, 11) is 1.55. The number of fused-ring (bicyclic) bond motifs is 1. The van der Waals surface area contributed by atoms with Crippen molar-refractivity contribution in [2.45, 2.75) is 36.5 Å². The standard InChI is InChI=1S/C22H21ClF3N3O3S/c1-13(19(30)27-18-9-8-14(23)12-16(18)22(24,25)26)33-21-28-17-7-4-3-6-15(17)20(31)29(21)10-5-11-32-2/h3-4,6-9,12-13H,5,10-11H2,1-2H3,(H,27,30). The molecule has 6 nitrogen and oxygen atoms in total. The van der Waals surface area contributed by atoms with Crippen LogP contribution in [0.15, 0.2) is 52.4 Å². The van der Waals surface area contributed by atoms with Gasteiger partial charge in [0.25, 0.3) is 5.56 Å². The molecule has 1 amide bonds. The van der Waals surface area contributed by atoms with Gasteiger partial charge in [-0.15, -0.1) is 0 Å². The number of thioether (sulfide) groups is 1. The molecule has 0 fully saturated rings. The molecule has 1 atom stereocenters. The fourth-order valence-corrected chi connectivity index (χ4v) is 4.21. The third-order valence-corrected chi connectivity index (χ3v) is 6.08. The molecule has 3 rings (SSSR count). The zero-order valence-electron chi connectivity index (χ0n) is 17.8. The number of anilines is 1. The molecule has 1 N–H and O–H groups in total. The van der Waals surface area contributed by atoms with Crippen LogP contribution in [0.5, 0.6) is 0 Å². The van der Waals surface area contributed by atoms with Gasteiger partial charge >= 0.3 is 6.18 Å². The fourth-order valence-electron chi connectivity index (χ4n) is 3.11. The highest BCUT2D eigenvalue weighted by Gasteiger charge is 2.34. The molecule has 1 aromatic heterocycles. The molecule has 1 unspecified atom stereocenters. The molecular weight excluding hydrogens is 479 g/mol. The van der Waals surface area contributed by atoms with E-state index >= 15 is 0 Å². The number of rotatable bonds is 8. The Morgan fingerprint density at radius 2 is 2.00 bits per heavy atom. The van der Waals surface area contributed by atoms with Gasteiger partial charge in [0.2, 0.25) is 5.91 Å². The fraction of sp³-hybridized carbons (Fsp3) is 0.318. The van der Waals surface area contributed by atoms with Crippen LogP contribution in [-0.4, -0.2) is 34.4 Å². The monoisotopic (exact) mass is 499 g/mol. The molecular formula is C22H21ClF3N3O3S. The van der Waals surface area contributed by atoms with E-state index in [-0.39, 0.29) is 10.6 Å². The van der Waals surface area contributed by atoms with Crippen molar-refractivity contribution in [2.75, 3.05) is 19.0 Å². The first-order valence-electron chi connectivity index (χ1n) is 9.94. The second kappa shape index (κ2) is 10.6. The van der Waals surface area contributed by atoms with Crippen LogP contribution in [0.4, 0.5) is 18.9 Å². The number of hydrogen-bond donors (Lipinski definition) is 1. The van der Waals surface area contributed by atoms with E-state index in [4.69, 9.17) is 16.3 Å². The number of aromatic nitrogens is 2. The van der Waals surface area contributed by atoms with Crippen molar-refractivity contribution in [1.82, 2.24) is 9.55 Å². The normalized spacial score (nSPS) is 12.7. The zero-order valence-corrected chi connectivity index (χ0v) is 19.4. The molecule has 176 valence electrons. The number of ether oxygens (including phenoxy) is 1. The number of halogens is 4. The Morgan fingerprint density at radius 3 is 2.70 bits per heavy atom. The van der Waals surface area contributed by atoms with Crippen LogP contribution >= 0.6 is 23.4 Å². The maximum absolute atomic E-state index is 13.3. The van der Waals surface area contributed by atoms with Crippen molar-refractivity contribution in [1.29, 1.82) is 0 Å². The van der Waals surface area contributed by atoms with Crippen LogP contribution in [0.25, 0.3) is 10.9 Å². The third-order valence-electron chi connectivity index (χ3n) is 4.75. The number of benzene rings is 2. The van der Waals surface area contributed by atoms with Gasteiger partial charge in [0.05, 0.1) is 27.4 Å². The van der Waals surface area contributed by atoms with Crippen molar-refractivity contribution in [2.24, 2.45) is 0 Å². The highest BCUT2D eigenvalue weighted by atomic mass is 35.5. The van der Waals surface area contributed by atoms with Crippen molar-refractivity contribution in [3.8, 4) is 0 Å². The van der Waals surface area contributed by atoms with E-state index in [0.717, 1.165) is 23.9 Å². The average molecular weight is 500 g/mol. The summed E-state index contributed by atoms with van der Waals surface area (Å²) in [5, 5.41) is 2.11. The first-order valence-corrected chi connectivity index (χ1v) is 11.2. The number of nitrogens with zero attached hydrogens (tertiary/aromatic N) is 2. The molecule has 3 aromatic rings. The van der Waals surface area contributed by atoms with Crippen molar-refractivity contribution in [3.05, 3.63) is 63.4 Å². The molecule has 0 bridgehead atoms. The number of methoxy groups -OCH3 is 1. The molecule has 2 aromatic carbocycles. The van der Waals surface area contributed by atoms with E-state index < -0.39 is 28.6 Å². The second-order valence-corrected chi connectivity index (χ2v) is 8.90. The predicted molar refractivity (Wildman–Crippen MR) is 123 cm³/mol. The lowest BCUT2D eigenvalue weighted by atomic mass is 10.1. The molecule has 0 aliphatic carbocycles. The Bertz CT molecular complexity index is 1220. The smallest absolute Gasteiger partial charge is 0.385 e. The number of para-hydroxylation sites is 1. The highest BCUT2D eigenvalue weighted by molar-refractivity contribution is 8.00. The van der Waals surface area contributed by atoms with Gasteiger partial charge in [-0.2, -0.15) is 13.2 Å². The minimum atomic E-state index is -4.69. The van der Waals surface area contributed by atoms with Gasteiger partial charge in [-0.25, -0.2) is 4.98 Å². The second-order valence-electron chi connectivity index (χ2n) is 7.15. The minimum absolute atomic E-state index is 0.0943. The molecule has 0 saturated carbocycles. The van der Waals surface area contributed by atoms with Gasteiger partial charge in [-0.05, 0) is 43.7 Å². The van der Waals surface area contributed by atoms with Crippen molar-refractivity contribution < 1.29 is 22.7 Å². The van der Waals surface area contributed by atoms with E-state index in [1.54, 1.807) is 31.4 Å². The Kier molecular flexibility index (Phi) is 8.04. The molecule has 0 saturated heterocycles. The summed E-state index contributed by atoms with van der Waals surface area (Å²) in [6.45, 7) is 2.27. The predicted octanol–water partition coefficient (Wildman–Crippen LogP) is 5.22. The summed E-state index contributed by atoms with van der Waals surface area (Å²) in [5.41, 5.74) is -1.23. The quantitative estimate of drug-likeness (QED) is 0.261. The molecule has 1 heterocycles. The van der Waals surface area contributed by atoms with Crippen LogP contribution in [0.1, 0.15) is 18.9 Å². The van der Waals surface area contributed by atoms with E-state index in [1.807, 2.05) is 0 Å². The van der Waals surface area contributed by atoms with Crippen LogP contribution in [0, 0.1) is 0 Å². The summed E-state index contributed by atoms with van der Waals surface area (Å²) < 4.78 is 46.6. The van der Waals surface area contributed by atoms with Crippen LogP contribution in [0.2, 0.25) is 5.02 Å². The first kappa shape index (κ1) is 25.1. The summed E-state index contributed by atoms with van der Waals surface area (Å²) in [4.78, 5) is 30.3.